The summed E-state index contributed by atoms with van der Waals surface area (Å²) in [5, 5.41) is 15.9. The molecule has 5 heteroatoms. The summed E-state index contributed by atoms with van der Waals surface area (Å²) < 4.78 is 1.84. The van der Waals surface area contributed by atoms with E-state index in [1.54, 1.807) is 0 Å². The second-order valence-electron chi connectivity index (χ2n) is 4.15. The van der Waals surface area contributed by atoms with E-state index >= 15 is 0 Å². The van der Waals surface area contributed by atoms with Crippen LogP contribution in [0.5, 0.6) is 0 Å². The molecule has 5 nitrogen and oxygen atoms in total. The molecule has 0 amide bonds. The molecule has 16 heavy (non-hydrogen) atoms. The Morgan fingerprint density at radius 3 is 2.81 bits per heavy atom. The van der Waals surface area contributed by atoms with Crippen molar-refractivity contribution in [3.8, 4) is 0 Å². The Bertz CT molecular complexity index is 474. The highest BCUT2D eigenvalue weighted by Crippen LogP contribution is 2.12. The van der Waals surface area contributed by atoms with Gasteiger partial charge in [0.15, 0.2) is 11.5 Å². The van der Waals surface area contributed by atoms with Gasteiger partial charge in [-0.05, 0) is 25.1 Å². The number of nitrogens with zero attached hydrogens (tertiary/aromatic N) is 4. The fourth-order valence-corrected chi connectivity index (χ4v) is 1.55. The summed E-state index contributed by atoms with van der Waals surface area (Å²) >= 11 is 0. The maximum absolute atomic E-state index is 4.55. The summed E-state index contributed by atoms with van der Waals surface area (Å²) in [6.07, 6.45) is 0.839. The Morgan fingerprint density at radius 2 is 2.12 bits per heavy atom. The molecular weight excluding hydrogens is 202 g/mol. The molecule has 0 aliphatic rings. The van der Waals surface area contributed by atoms with Crippen LogP contribution in [0.1, 0.15) is 31.3 Å². The summed E-state index contributed by atoms with van der Waals surface area (Å²) in [4.78, 5) is 0. The zero-order valence-corrected chi connectivity index (χ0v) is 9.94. The predicted octanol–water partition coefficient (Wildman–Crippen LogP) is 1.01. The Labute approximate surface area is 94.9 Å². The lowest BCUT2D eigenvalue weighted by atomic mass is 10.1. The van der Waals surface area contributed by atoms with Crippen molar-refractivity contribution in [3.05, 3.63) is 23.7 Å². The van der Waals surface area contributed by atoms with E-state index in [4.69, 9.17) is 0 Å². The number of nitrogens with one attached hydrogen (secondary N) is 1. The van der Waals surface area contributed by atoms with Gasteiger partial charge in [-0.15, -0.1) is 10.2 Å². The largest absolute Gasteiger partial charge is 0.319 e. The molecule has 2 aromatic heterocycles. The summed E-state index contributed by atoms with van der Waals surface area (Å²) in [6, 6.07) is 3.98. The lowest BCUT2D eigenvalue weighted by Gasteiger charge is -2.05. The fourth-order valence-electron chi connectivity index (χ4n) is 1.55. The second-order valence-corrected chi connectivity index (χ2v) is 4.15. The summed E-state index contributed by atoms with van der Waals surface area (Å²) in [5.41, 5.74) is 1.88. The summed E-state index contributed by atoms with van der Waals surface area (Å²) in [5.74, 6) is 1.33. The number of likely N-dealkylation sites (N-methyl/N-ethyl adjacent to an activating group) is 1. The average molecular weight is 219 g/mol. The predicted molar refractivity (Wildman–Crippen MR) is 62.5 cm³/mol. The standard InChI is InChI=1S/C11H17N5/c1-8(2)9-4-5-10-13-14-11(6-7-12-3)16(10)15-9/h4-5,8,12H,6-7H2,1-3H3. The first-order chi connectivity index (χ1) is 7.72. The fraction of sp³-hybridized carbons (Fsp3) is 0.545. The van der Waals surface area contributed by atoms with Gasteiger partial charge in [-0.3, -0.25) is 0 Å². The minimum Gasteiger partial charge on any atom is -0.319 e. The molecule has 1 N–H and O–H groups in total. The van der Waals surface area contributed by atoms with E-state index < -0.39 is 0 Å². The first-order valence-electron chi connectivity index (χ1n) is 5.58. The molecule has 2 heterocycles. The molecule has 0 saturated carbocycles. The van der Waals surface area contributed by atoms with Crippen molar-refractivity contribution in [2.75, 3.05) is 13.6 Å². The number of rotatable bonds is 4. The summed E-state index contributed by atoms with van der Waals surface area (Å²) in [6.45, 7) is 5.14. The molecule has 0 spiro atoms. The zero-order valence-electron chi connectivity index (χ0n) is 9.94. The van der Waals surface area contributed by atoms with Gasteiger partial charge in [0.05, 0.1) is 5.69 Å². The number of aromatic nitrogens is 4. The van der Waals surface area contributed by atoms with Crippen LogP contribution in [-0.4, -0.2) is 33.4 Å². The molecule has 2 aromatic rings. The van der Waals surface area contributed by atoms with Crippen LogP contribution in [0, 0.1) is 0 Å². The second kappa shape index (κ2) is 4.57. The van der Waals surface area contributed by atoms with Gasteiger partial charge in [0.1, 0.15) is 0 Å². The smallest absolute Gasteiger partial charge is 0.177 e. The van der Waals surface area contributed by atoms with Crippen LogP contribution in [-0.2, 0) is 6.42 Å². The van der Waals surface area contributed by atoms with Crippen LogP contribution >= 0.6 is 0 Å². The van der Waals surface area contributed by atoms with Crippen LogP contribution in [0.25, 0.3) is 5.65 Å². The molecule has 0 aliphatic carbocycles. The van der Waals surface area contributed by atoms with Crippen LogP contribution in [0.15, 0.2) is 12.1 Å². The van der Waals surface area contributed by atoms with Gasteiger partial charge in [0.2, 0.25) is 0 Å². The third-order valence-electron chi connectivity index (χ3n) is 2.54. The molecule has 0 radical (unpaired) electrons. The molecule has 0 aliphatic heterocycles. The minimum atomic E-state index is 0.420. The topological polar surface area (TPSA) is 55.1 Å². The van der Waals surface area contributed by atoms with E-state index in [2.05, 4.69) is 34.5 Å². The lowest BCUT2D eigenvalue weighted by molar-refractivity contribution is 0.700. The Kier molecular flexibility index (Phi) is 3.14. The number of fused-ring (bicyclic) bond motifs is 1. The van der Waals surface area contributed by atoms with E-state index in [9.17, 15) is 0 Å². The van der Waals surface area contributed by atoms with Crippen molar-refractivity contribution in [1.29, 1.82) is 0 Å². The zero-order chi connectivity index (χ0) is 11.5. The quantitative estimate of drug-likeness (QED) is 0.833. The highest BCUT2D eigenvalue weighted by Gasteiger charge is 2.08. The van der Waals surface area contributed by atoms with E-state index in [1.807, 2.05) is 23.7 Å². The highest BCUT2D eigenvalue weighted by atomic mass is 15.4. The molecule has 0 atom stereocenters. The third-order valence-corrected chi connectivity index (χ3v) is 2.54. The molecule has 0 aromatic carbocycles. The van der Waals surface area contributed by atoms with E-state index in [1.165, 1.54) is 0 Å². The molecule has 0 saturated heterocycles. The first-order valence-corrected chi connectivity index (χ1v) is 5.58. The van der Waals surface area contributed by atoms with Crippen molar-refractivity contribution in [2.24, 2.45) is 0 Å². The Hall–Kier alpha value is -1.49. The Balaban J connectivity index is 2.39. The van der Waals surface area contributed by atoms with E-state index in [0.29, 0.717) is 5.92 Å². The number of hydrogen-bond acceptors (Lipinski definition) is 4. The van der Waals surface area contributed by atoms with E-state index in [0.717, 1.165) is 30.1 Å². The number of hydrogen-bond donors (Lipinski definition) is 1. The summed E-state index contributed by atoms with van der Waals surface area (Å²) in [7, 11) is 1.93. The van der Waals surface area contributed by atoms with Crippen molar-refractivity contribution in [3.63, 3.8) is 0 Å². The van der Waals surface area contributed by atoms with Crippen LogP contribution in [0.4, 0.5) is 0 Å². The van der Waals surface area contributed by atoms with E-state index in [-0.39, 0.29) is 0 Å². The van der Waals surface area contributed by atoms with Gasteiger partial charge in [-0.1, -0.05) is 13.8 Å². The highest BCUT2D eigenvalue weighted by molar-refractivity contribution is 5.36. The maximum Gasteiger partial charge on any atom is 0.177 e. The molecule has 2 rings (SSSR count). The van der Waals surface area contributed by atoms with Gasteiger partial charge in [-0.2, -0.15) is 9.61 Å². The van der Waals surface area contributed by atoms with Gasteiger partial charge in [-0.25, -0.2) is 0 Å². The lowest BCUT2D eigenvalue weighted by Crippen LogP contribution is -2.13. The van der Waals surface area contributed by atoms with Gasteiger partial charge < -0.3 is 5.32 Å². The monoisotopic (exact) mass is 219 g/mol. The third kappa shape index (κ3) is 2.04. The van der Waals surface area contributed by atoms with Gasteiger partial charge in [0, 0.05) is 13.0 Å². The minimum absolute atomic E-state index is 0.420. The first kappa shape index (κ1) is 11.0. The average Bonchev–Trinajstić information content (AvgIpc) is 2.68. The Morgan fingerprint density at radius 1 is 1.31 bits per heavy atom. The van der Waals surface area contributed by atoms with Crippen LogP contribution < -0.4 is 5.32 Å². The van der Waals surface area contributed by atoms with Crippen molar-refractivity contribution in [1.82, 2.24) is 25.1 Å². The van der Waals surface area contributed by atoms with Crippen molar-refractivity contribution >= 4 is 5.65 Å². The van der Waals surface area contributed by atoms with Crippen LogP contribution in [0.2, 0.25) is 0 Å². The normalized spacial score (nSPS) is 11.5. The molecule has 0 unspecified atom stereocenters. The SMILES string of the molecule is CNCCc1nnc2ccc(C(C)C)nn12. The molecule has 0 bridgehead atoms. The van der Waals surface area contributed by atoms with Gasteiger partial charge >= 0.3 is 0 Å². The maximum atomic E-state index is 4.55. The van der Waals surface area contributed by atoms with Gasteiger partial charge in [0.25, 0.3) is 0 Å². The van der Waals surface area contributed by atoms with Crippen molar-refractivity contribution in [2.45, 2.75) is 26.2 Å². The molecule has 0 fully saturated rings. The van der Waals surface area contributed by atoms with Crippen LogP contribution in [0.3, 0.4) is 0 Å². The molecule has 86 valence electrons. The molecular formula is C11H17N5. The van der Waals surface area contributed by atoms with Crippen molar-refractivity contribution < 1.29 is 0 Å².